The van der Waals surface area contributed by atoms with Gasteiger partial charge >= 0.3 is 5.97 Å². The van der Waals surface area contributed by atoms with Crippen molar-refractivity contribution in [2.75, 3.05) is 0 Å². The zero-order valence-electron chi connectivity index (χ0n) is 6.14. The first kappa shape index (κ1) is 7.14. The average Bonchev–Trinajstić information content (AvgIpc) is 2.35. The SMILES string of the molecule is C#CC1(C(=O)O)CC1(C)C. The minimum absolute atomic E-state index is 0.201. The van der Waals surface area contributed by atoms with Gasteiger partial charge in [-0.15, -0.1) is 6.42 Å². The van der Waals surface area contributed by atoms with Crippen molar-refractivity contribution in [1.29, 1.82) is 0 Å². The highest BCUT2D eigenvalue weighted by molar-refractivity contribution is 5.83. The number of rotatable bonds is 1. The van der Waals surface area contributed by atoms with Crippen molar-refractivity contribution in [1.82, 2.24) is 0 Å². The van der Waals surface area contributed by atoms with Gasteiger partial charge in [0.05, 0.1) is 0 Å². The van der Waals surface area contributed by atoms with Gasteiger partial charge in [-0.3, -0.25) is 4.79 Å². The summed E-state index contributed by atoms with van der Waals surface area (Å²) in [7, 11) is 0. The first-order chi connectivity index (χ1) is 4.46. The summed E-state index contributed by atoms with van der Waals surface area (Å²) in [6.45, 7) is 3.75. The van der Waals surface area contributed by atoms with Crippen LogP contribution in [-0.4, -0.2) is 11.1 Å². The van der Waals surface area contributed by atoms with Crippen molar-refractivity contribution in [2.24, 2.45) is 10.8 Å². The Labute approximate surface area is 60.2 Å². The molecule has 1 aliphatic rings. The Morgan fingerprint density at radius 2 is 2.10 bits per heavy atom. The molecule has 1 rings (SSSR count). The highest BCUT2D eigenvalue weighted by atomic mass is 16.4. The first-order valence-corrected chi connectivity index (χ1v) is 3.17. The summed E-state index contributed by atoms with van der Waals surface area (Å²) in [5, 5.41) is 8.70. The highest BCUT2D eigenvalue weighted by Gasteiger charge is 2.66. The number of carboxylic acids is 1. The fourth-order valence-corrected chi connectivity index (χ4v) is 1.29. The van der Waals surface area contributed by atoms with Gasteiger partial charge in [-0.05, 0) is 11.8 Å². The van der Waals surface area contributed by atoms with Gasteiger partial charge in [0.15, 0.2) is 0 Å². The van der Waals surface area contributed by atoms with Gasteiger partial charge in [0.2, 0.25) is 0 Å². The van der Waals surface area contributed by atoms with Gasteiger partial charge in [0, 0.05) is 0 Å². The maximum absolute atomic E-state index is 10.6. The van der Waals surface area contributed by atoms with Gasteiger partial charge in [-0.1, -0.05) is 19.8 Å². The van der Waals surface area contributed by atoms with E-state index in [1.54, 1.807) is 0 Å². The number of carboxylic acid groups (broad SMARTS) is 1. The van der Waals surface area contributed by atoms with Crippen LogP contribution in [0.3, 0.4) is 0 Å². The molecule has 1 fully saturated rings. The Morgan fingerprint density at radius 1 is 1.70 bits per heavy atom. The summed E-state index contributed by atoms with van der Waals surface area (Å²) in [6.07, 6.45) is 5.72. The molecule has 0 aromatic rings. The van der Waals surface area contributed by atoms with E-state index in [9.17, 15) is 4.79 Å². The van der Waals surface area contributed by atoms with E-state index in [4.69, 9.17) is 11.5 Å². The molecule has 0 spiro atoms. The average molecular weight is 138 g/mol. The fraction of sp³-hybridized carbons (Fsp3) is 0.625. The van der Waals surface area contributed by atoms with E-state index in [1.807, 2.05) is 13.8 Å². The first-order valence-electron chi connectivity index (χ1n) is 3.17. The van der Waals surface area contributed by atoms with Crippen LogP contribution in [0, 0.1) is 23.2 Å². The third kappa shape index (κ3) is 0.578. The lowest BCUT2D eigenvalue weighted by atomic mass is 9.97. The second-order valence-electron chi connectivity index (χ2n) is 3.42. The Morgan fingerprint density at radius 3 is 2.10 bits per heavy atom. The fourth-order valence-electron chi connectivity index (χ4n) is 1.29. The molecule has 2 heteroatoms. The molecule has 0 aliphatic heterocycles. The maximum atomic E-state index is 10.6. The summed E-state index contributed by atoms with van der Waals surface area (Å²) in [5.41, 5.74) is -1.07. The molecule has 1 atom stereocenters. The molecule has 0 bridgehead atoms. The van der Waals surface area contributed by atoms with Crippen LogP contribution in [0.15, 0.2) is 0 Å². The van der Waals surface area contributed by atoms with Crippen molar-refractivity contribution < 1.29 is 9.90 Å². The third-order valence-electron chi connectivity index (χ3n) is 2.35. The molecule has 0 radical (unpaired) electrons. The largest absolute Gasteiger partial charge is 0.480 e. The second kappa shape index (κ2) is 1.54. The van der Waals surface area contributed by atoms with Crippen molar-refractivity contribution in [2.45, 2.75) is 20.3 Å². The van der Waals surface area contributed by atoms with E-state index in [-0.39, 0.29) is 5.41 Å². The molecule has 0 saturated heterocycles. The molecule has 54 valence electrons. The summed E-state index contributed by atoms with van der Waals surface area (Å²) in [4.78, 5) is 10.6. The molecule has 0 aromatic heterocycles. The van der Waals surface area contributed by atoms with Gasteiger partial charge in [-0.25, -0.2) is 0 Å². The highest BCUT2D eigenvalue weighted by Crippen LogP contribution is 2.62. The second-order valence-corrected chi connectivity index (χ2v) is 3.42. The van der Waals surface area contributed by atoms with E-state index < -0.39 is 11.4 Å². The van der Waals surface area contributed by atoms with Crippen LogP contribution in [0.2, 0.25) is 0 Å². The Kier molecular flexibility index (Phi) is 1.10. The van der Waals surface area contributed by atoms with E-state index >= 15 is 0 Å². The monoisotopic (exact) mass is 138 g/mol. The van der Waals surface area contributed by atoms with E-state index in [1.165, 1.54) is 0 Å². The smallest absolute Gasteiger partial charge is 0.322 e. The van der Waals surface area contributed by atoms with Crippen LogP contribution < -0.4 is 0 Å². The van der Waals surface area contributed by atoms with Crippen LogP contribution in [0.1, 0.15) is 20.3 Å². The molecule has 0 heterocycles. The quantitative estimate of drug-likeness (QED) is 0.551. The number of terminal acetylenes is 1. The van der Waals surface area contributed by atoms with Gasteiger partial charge in [-0.2, -0.15) is 0 Å². The molecule has 1 unspecified atom stereocenters. The lowest BCUT2D eigenvalue weighted by Gasteiger charge is -2.06. The van der Waals surface area contributed by atoms with Gasteiger partial charge in [0.1, 0.15) is 5.41 Å². The lowest BCUT2D eigenvalue weighted by Crippen LogP contribution is -2.18. The summed E-state index contributed by atoms with van der Waals surface area (Å²) in [5.74, 6) is 1.48. The van der Waals surface area contributed by atoms with E-state index in [2.05, 4.69) is 5.92 Å². The van der Waals surface area contributed by atoms with Crippen LogP contribution in [0.25, 0.3) is 0 Å². The maximum Gasteiger partial charge on any atom is 0.322 e. The Balaban J connectivity index is 2.92. The molecular weight excluding hydrogens is 128 g/mol. The van der Waals surface area contributed by atoms with Gasteiger partial charge in [0.25, 0.3) is 0 Å². The summed E-state index contributed by atoms with van der Waals surface area (Å²) >= 11 is 0. The number of carbonyl (C=O) groups is 1. The topological polar surface area (TPSA) is 37.3 Å². The molecule has 1 aliphatic carbocycles. The van der Waals surface area contributed by atoms with Crippen molar-refractivity contribution in [3.8, 4) is 12.3 Å². The molecule has 1 saturated carbocycles. The van der Waals surface area contributed by atoms with Gasteiger partial charge < -0.3 is 5.11 Å². The van der Waals surface area contributed by atoms with Crippen molar-refractivity contribution in [3.05, 3.63) is 0 Å². The van der Waals surface area contributed by atoms with E-state index in [0.29, 0.717) is 6.42 Å². The molecule has 0 aromatic carbocycles. The number of hydrogen-bond donors (Lipinski definition) is 1. The Bertz CT molecular complexity index is 222. The number of aliphatic carboxylic acids is 1. The van der Waals surface area contributed by atoms with Crippen molar-refractivity contribution >= 4 is 5.97 Å². The zero-order valence-corrected chi connectivity index (χ0v) is 6.14. The molecule has 0 amide bonds. The van der Waals surface area contributed by atoms with E-state index in [0.717, 1.165) is 0 Å². The lowest BCUT2D eigenvalue weighted by molar-refractivity contribution is -0.142. The zero-order chi connectivity index (χ0) is 7.99. The molecule has 2 nitrogen and oxygen atoms in total. The minimum atomic E-state index is -0.868. The Hall–Kier alpha value is -0.970. The predicted molar refractivity (Wildman–Crippen MR) is 37.3 cm³/mol. The third-order valence-corrected chi connectivity index (χ3v) is 2.35. The van der Waals surface area contributed by atoms with Crippen LogP contribution in [0.5, 0.6) is 0 Å². The summed E-state index contributed by atoms with van der Waals surface area (Å²) in [6, 6.07) is 0. The van der Waals surface area contributed by atoms with Crippen molar-refractivity contribution in [3.63, 3.8) is 0 Å². The molecule has 1 N–H and O–H groups in total. The van der Waals surface area contributed by atoms with Crippen LogP contribution >= 0.6 is 0 Å². The molecular formula is C8H10O2. The normalized spacial score (nSPS) is 34.5. The number of hydrogen-bond acceptors (Lipinski definition) is 1. The standard InChI is InChI=1S/C8H10O2/c1-4-8(6(9)10)5-7(8,2)3/h1H,5H2,2-3H3,(H,9,10). The minimum Gasteiger partial charge on any atom is -0.480 e. The predicted octanol–water partition coefficient (Wildman–Crippen LogP) is 1.12. The summed E-state index contributed by atoms with van der Waals surface area (Å²) < 4.78 is 0. The van der Waals surface area contributed by atoms with Crippen LogP contribution in [-0.2, 0) is 4.79 Å². The molecule has 10 heavy (non-hydrogen) atoms. The van der Waals surface area contributed by atoms with Crippen LogP contribution in [0.4, 0.5) is 0 Å².